The quantitative estimate of drug-likeness (QED) is 0.0220. The standard InChI is InChI=1S/C45H65F2N7O17/c46-43(47)31-8-6-30(7-9-31)25-36(59)49-27-34(57)41(63)42-40(50-37(60)29-55)33(56)26-45(71-42,44(64)65)70-16-4-2-1-3-5-32-28-53(52-51-32)15-18-67-20-22-69-24-23-68-21-19-66-17-13-48-35(58)12-14-54-38(61)10-11-39(54)62/h6-11,28,32-34,40-43,55-57,63H,1-5,12-27,29H2,(H3-,48,49,50,58,59,60,64,65)/p+1/t32?,33-,34+,40+,41+,42+,45+/m0/s1. The Kier molecular flexibility index (Phi) is 25.6. The number of nitrogens with zero attached hydrogens (tertiary/aromatic N) is 4. The third-order valence-corrected chi connectivity index (χ3v) is 11.2. The third-order valence-electron chi connectivity index (χ3n) is 11.2. The summed E-state index contributed by atoms with van der Waals surface area (Å²) in [6.07, 6.45) is -3.44. The van der Waals surface area contributed by atoms with Crippen molar-refractivity contribution in [1.82, 2.24) is 20.9 Å². The number of unbranched alkanes of at least 4 members (excludes halogenated alkanes) is 3. The number of imide groups is 1. The molecule has 1 saturated heterocycles. The minimum absolute atomic E-state index is 0.0142. The lowest BCUT2D eigenvalue weighted by atomic mass is 9.88. The molecule has 8 N–H and O–H groups in total. The van der Waals surface area contributed by atoms with Crippen LogP contribution in [0.25, 0.3) is 0 Å². The summed E-state index contributed by atoms with van der Waals surface area (Å²) in [4.78, 5) is 73.1. The van der Waals surface area contributed by atoms with Crippen LogP contribution in [0, 0.1) is 0 Å². The Morgan fingerprint density at radius 1 is 0.845 bits per heavy atom. The maximum absolute atomic E-state index is 12.9. The molecule has 1 unspecified atom stereocenters. The van der Waals surface area contributed by atoms with E-state index in [4.69, 9.17) is 28.4 Å². The van der Waals surface area contributed by atoms with E-state index in [1.807, 2.05) is 6.21 Å². The molecular weight excluding hydrogens is 949 g/mol. The average molecular weight is 1020 g/mol. The fraction of sp³-hybridized carbons (Fsp3) is 0.667. The molecule has 0 aromatic heterocycles. The number of aliphatic hydroxyl groups is 4. The van der Waals surface area contributed by atoms with Crippen molar-refractivity contribution in [1.29, 1.82) is 0 Å². The fourth-order valence-electron chi connectivity index (χ4n) is 7.36. The summed E-state index contributed by atoms with van der Waals surface area (Å²) in [5.74, 6) is -6.91. The number of carbonyl (C=O) groups excluding carboxylic acids is 5. The predicted octanol–water partition coefficient (Wildman–Crippen LogP) is -1.29. The fourth-order valence-corrected chi connectivity index (χ4v) is 7.36. The number of carboxylic acid groups (broad SMARTS) is 1. The molecule has 0 aliphatic carbocycles. The highest BCUT2D eigenvalue weighted by molar-refractivity contribution is 6.13. The zero-order chi connectivity index (χ0) is 51.6. The molecule has 7 atom stereocenters. The number of benzene rings is 1. The first-order valence-electron chi connectivity index (χ1n) is 23.4. The van der Waals surface area contributed by atoms with Crippen LogP contribution in [0.1, 0.15) is 62.5 Å². The summed E-state index contributed by atoms with van der Waals surface area (Å²) in [6.45, 7) is 1.93. The Morgan fingerprint density at radius 3 is 2.11 bits per heavy atom. The molecule has 26 heteroatoms. The molecule has 3 aliphatic heterocycles. The molecule has 4 rings (SSSR count). The van der Waals surface area contributed by atoms with Crippen LogP contribution in [0.15, 0.2) is 46.8 Å². The van der Waals surface area contributed by atoms with Crippen LogP contribution in [-0.2, 0) is 63.6 Å². The van der Waals surface area contributed by atoms with Crippen molar-refractivity contribution in [3.63, 3.8) is 0 Å². The van der Waals surface area contributed by atoms with Gasteiger partial charge in [0.1, 0.15) is 36.8 Å². The van der Waals surface area contributed by atoms with Gasteiger partial charge in [0.25, 0.3) is 24.0 Å². The molecule has 0 radical (unpaired) electrons. The van der Waals surface area contributed by atoms with Crippen molar-refractivity contribution >= 4 is 41.7 Å². The number of hydrogen-bond acceptors (Lipinski definition) is 18. The summed E-state index contributed by atoms with van der Waals surface area (Å²) < 4.78 is 60.9. The van der Waals surface area contributed by atoms with Gasteiger partial charge in [-0.25, -0.2) is 13.6 Å². The third kappa shape index (κ3) is 20.4. The van der Waals surface area contributed by atoms with E-state index >= 15 is 0 Å². The second kappa shape index (κ2) is 31.2. The maximum atomic E-state index is 12.9. The van der Waals surface area contributed by atoms with Gasteiger partial charge in [-0.3, -0.25) is 28.9 Å². The molecule has 5 amide bonds. The Balaban J connectivity index is 1.03. The lowest BCUT2D eigenvalue weighted by Crippen LogP contribution is -2.68. The lowest BCUT2D eigenvalue weighted by molar-refractivity contribution is -0.534. The molecule has 3 aliphatic rings. The van der Waals surface area contributed by atoms with Crippen molar-refractivity contribution in [2.75, 3.05) is 92.2 Å². The summed E-state index contributed by atoms with van der Waals surface area (Å²) in [7, 11) is 0. The number of carbonyl (C=O) groups is 6. The number of ether oxygens (including phenoxy) is 6. The van der Waals surface area contributed by atoms with E-state index < -0.39 is 91.8 Å². The van der Waals surface area contributed by atoms with E-state index in [2.05, 4.69) is 26.3 Å². The number of amides is 5. The predicted molar refractivity (Wildman–Crippen MR) is 241 cm³/mol. The van der Waals surface area contributed by atoms with E-state index in [9.17, 15) is 63.1 Å². The van der Waals surface area contributed by atoms with Crippen LogP contribution in [0.4, 0.5) is 8.78 Å². The number of alkyl halides is 2. The molecule has 1 fully saturated rings. The number of rotatable bonds is 36. The van der Waals surface area contributed by atoms with Gasteiger partial charge in [0, 0.05) is 61.7 Å². The average Bonchev–Trinajstić information content (AvgIpc) is 3.94. The van der Waals surface area contributed by atoms with Crippen molar-refractivity contribution in [3.8, 4) is 0 Å². The normalized spacial score (nSPS) is 21.7. The zero-order valence-electron chi connectivity index (χ0n) is 39.3. The van der Waals surface area contributed by atoms with E-state index in [-0.39, 0.29) is 56.7 Å². The van der Waals surface area contributed by atoms with Crippen LogP contribution < -0.4 is 16.0 Å². The van der Waals surface area contributed by atoms with Gasteiger partial charge in [-0.05, 0) is 18.4 Å². The molecule has 1 aromatic carbocycles. The summed E-state index contributed by atoms with van der Waals surface area (Å²) >= 11 is 0. The topological polar surface area (TPSA) is 326 Å². The highest BCUT2D eigenvalue weighted by Crippen LogP contribution is 2.34. The first-order valence-corrected chi connectivity index (χ1v) is 23.4. The van der Waals surface area contributed by atoms with Gasteiger partial charge in [-0.2, -0.15) is 0 Å². The van der Waals surface area contributed by atoms with Crippen LogP contribution in [0.2, 0.25) is 0 Å². The Morgan fingerprint density at radius 2 is 1.48 bits per heavy atom. The van der Waals surface area contributed by atoms with Crippen LogP contribution >= 0.6 is 0 Å². The van der Waals surface area contributed by atoms with Gasteiger partial charge >= 0.3 is 5.97 Å². The van der Waals surface area contributed by atoms with Gasteiger partial charge in [0.2, 0.25) is 23.8 Å². The minimum Gasteiger partial charge on any atom is -0.477 e. The molecule has 0 bridgehead atoms. The SMILES string of the molecule is O=C(CCN1C(=O)C=CC1=O)NCCOCCOCCOCCOCC[N+]1=CC(CCCCCCO[C@]2(C(=O)O)C[C@H](O)[C@@H](NC(=O)CO)[C@H]([C@H](O)[C@H](O)CNC(=O)Cc3ccc(C(F)F)cc3)O2)N=N1. The van der Waals surface area contributed by atoms with Gasteiger partial charge in [0.05, 0.1) is 84.1 Å². The number of halogens is 2. The van der Waals surface area contributed by atoms with Crippen molar-refractivity contribution in [2.45, 2.75) is 100 Å². The highest BCUT2D eigenvalue weighted by Gasteiger charge is 2.55. The summed E-state index contributed by atoms with van der Waals surface area (Å²) in [6, 6.07) is 3.40. The van der Waals surface area contributed by atoms with Gasteiger partial charge < -0.3 is 69.9 Å². The van der Waals surface area contributed by atoms with E-state index in [0.29, 0.717) is 77.6 Å². The first kappa shape index (κ1) is 58.3. The monoisotopic (exact) mass is 1010 g/mol. The highest BCUT2D eigenvalue weighted by atomic mass is 19.3. The summed E-state index contributed by atoms with van der Waals surface area (Å²) in [5.41, 5.74) is 0.169. The lowest BCUT2D eigenvalue weighted by Gasteiger charge is -2.46. The molecule has 71 heavy (non-hydrogen) atoms. The second-order valence-corrected chi connectivity index (χ2v) is 16.6. The Labute approximate surface area is 408 Å². The molecule has 3 heterocycles. The molecule has 24 nitrogen and oxygen atoms in total. The van der Waals surface area contributed by atoms with Gasteiger partial charge in [0.15, 0.2) is 0 Å². The zero-order valence-corrected chi connectivity index (χ0v) is 39.3. The molecule has 1 aromatic rings. The van der Waals surface area contributed by atoms with E-state index in [1.54, 1.807) is 4.68 Å². The number of hydrogen-bond donors (Lipinski definition) is 8. The Hall–Kier alpha value is -5.29. The molecule has 396 valence electrons. The van der Waals surface area contributed by atoms with E-state index in [0.717, 1.165) is 17.7 Å². The second-order valence-electron chi connectivity index (χ2n) is 16.6. The molecule has 0 saturated carbocycles. The smallest absolute Gasteiger partial charge is 0.364 e. The first-order chi connectivity index (χ1) is 34.1. The molecule has 0 spiro atoms. The molecular formula is C45H66F2N7O17+. The van der Waals surface area contributed by atoms with Gasteiger partial charge in [-0.15, -0.1) is 4.68 Å². The summed E-state index contributed by atoms with van der Waals surface area (Å²) in [5, 5.41) is 68.3. The van der Waals surface area contributed by atoms with Gasteiger partial charge in [-0.1, -0.05) is 37.1 Å². The number of carboxylic acids is 1. The van der Waals surface area contributed by atoms with E-state index in [1.165, 1.54) is 36.4 Å². The number of aliphatic hydroxyl groups excluding tert-OH is 4. The van der Waals surface area contributed by atoms with Crippen molar-refractivity contribution in [3.05, 3.63) is 47.5 Å². The van der Waals surface area contributed by atoms with Crippen LogP contribution in [-0.4, -0.2) is 211 Å². The number of nitrogens with one attached hydrogen (secondary N) is 3. The largest absolute Gasteiger partial charge is 0.477 e. The van der Waals surface area contributed by atoms with Crippen LogP contribution in [0.3, 0.4) is 0 Å². The maximum Gasteiger partial charge on any atom is 0.364 e. The van der Waals surface area contributed by atoms with Crippen molar-refractivity contribution < 1.29 is 96.2 Å². The van der Waals surface area contributed by atoms with Crippen LogP contribution in [0.5, 0.6) is 0 Å². The Bertz CT molecular complexity index is 1950. The van der Waals surface area contributed by atoms with Crippen molar-refractivity contribution in [2.24, 2.45) is 10.3 Å². The minimum atomic E-state index is -2.68. The number of aliphatic carboxylic acids is 1.